The van der Waals surface area contributed by atoms with Gasteiger partial charge in [-0.3, -0.25) is 4.79 Å². The molecule has 0 amide bonds. The first-order valence-corrected chi connectivity index (χ1v) is 16.1. The summed E-state index contributed by atoms with van der Waals surface area (Å²) in [7, 11) is 0. The molecule has 212 valence electrons. The highest BCUT2D eigenvalue weighted by Crippen LogP contribution is 2.26. The summed E-state index contributed by atoms with van der Waals surface area (Å²) < 4.78 is 5.96. The number of hydrogen-bond acceptors (Lipinski definition) is 2. The zero-order chi connectivity index (χ0) is 27.1. The number of ether oxygens (including phenoxy) is 1. The van der Waals surface area contributed by atoms with Crippen LogP contribution in [0.5, 0.6) is 5.75 Å². The molecule has 1 unspecified atom stereocenters. The minimum atomic E-state index is -0.0333. The van der Waals surface area contributed by atoms with Crippen molar-refractivity contribution in [2.45, 2.75) is 142 Å². The average Bonchev–Trinajstić information content (AvgIpc) is 2.95. The lowest BCUT2D eigenvalue weighted by Crippen LogP contribution is -2.21. The fraction of sp³-hybridized carbons (Fsp3) is 0.639. The molecular formula is C36H56O2. The predicted octanol–water partition coefficient (Wildman–Crippen LogP) is 11.7. The Morgan fingerprint density at radius 1 is 0.553 bits per heavy atom. The summed E-state index contributed by atoms with van der Waals surface area (Å²) in [6.07, 6.45) is 25.6. The minimum absolute atomic E-state index is 0.0181. The van der Waals surface area contributed by atoms with Crippen molar-refractivity contribution in [1.29, 1.82) is 0 Å². The SMILES string of the molecule is CCCCCCCCCCCCC(CCCCCCCCCC)C(=O)Oc1cccc(-c2ccccc2)c1. The van der Waals surface area contributed by atoms with Crippen molar-refractivity contribution in [3.8, 4) is 16.9 Å². The van der Waals surface area contributed by atoms with Crippen molar-refractivity contribution in [3.63, 3.8) is 0 Å². The molecule has 0 N–H and O–H groups in total. The zero-order valence-corrected chi connectivity index (χ0v) is 24.7. The first kappa shape index (κ1) is 32.1. The molecule has 0 saturated carbocycles. The van der Waals surface area contributed by atoms with Crippen LogP contribution in [0.15, 0.2) is 54.6 Å². The normalized spacial score (nSPS) is 11.9. The highest BCUT2D eigenvalue weighted by atomic mass is 16.5. The van der Waals surface area contributed by atoms with Gasteiger partial charge in [0.2, 0.25) is 0 Å². The Balaban J connectivity index is 1.79. The summed E-state index contributed by atoms with van der Waals surface area (Å²) in [5.41, 5.74) is 2.23. The van der Waals surface area contributed by atoms with E-state index >= 15 is 0 Å². The minimum Gasteiger partial charge on any atom is -0.426 e. The largest absolute Gasteiger partial charge is 0.426 e. The number of benzene rings is 2. The van der Waals surface area contributed by atoms with Crippen molar-refractivity contribution in [2.75, 3.05) is 0 Å². The van der Waals surface area contributed by atoms with E-state index in [2.05, 4.69) is 32.0 Å². The summed E-state index contributed by atoms with van der Waals surface area (Å²) in [5.74, 6) is 0.652. The molecule has 2 heteroatoms. The zero-order valence-electron chi connectivity index (χ0n) is 24.7. The topological polar surface area (TPSA) is 26.3 Å². The highest BCUT2D eigenvalue weighted by Gasteiger charge is 2.20. The van der Waals surface area contributed by atoms with Gasteiger partial charge in [-0.2, -0.15) is 0 Å². The standard InChI is InChI=1S/C36H56O2/c1-3-5-7-9-11-13-14-16-18-21-28-33(27-20-17-15-12-10-8-6-4-2)36(37)38-35-30-24-29-34(31-35)32-25-22-19-23-26-32/h19,22-26,29-31,33H,3-18,20-21,27-28H2,1-2H3. The fourth-order valence-electron chi connectivity index (χ4n) is 5.35. The van der Waals surface area contributed by atoms with E-state index in [-0.39, 0.29) is 11.9 Å². The Morgan fingerprint density at radius 2 is 1.00 bits per heavy atom. The third kappa shape index (κ3) is 14.7. The molecule has 0 aromatic heterocycles. The van der Waals surface area contributed by atoms with Gasteiger partial charge in [0.25, 0.3) is 0 Å². The number of hydrogen-bond donors (Lipinski definition) is 0. The van der Waals surface area contributed by atoms with E-state index in [0.717, 1.165) is 36.8 Å². The van der Waals surface area contributed by atoms with Gasteiger partial charge in [0.15, 0.2) is 0 Å². The van der Waals surface area contributed by atoms with Crippen LogP contribution in [0.4, 0.5) is 0 Å². The highest BCUT2D eigenvalue weighted by molar-refractivity contribution is 5.76. The van der Waals surface area contributed by atoms with E-state index in [1.807, 2.05) is 36.4 Å². The van der Waals surface area contributed by atoms with E-state index in [1.54, 1.807) is 0 Å². The van der Waals surface area contributed by atoms with E-state index in [0.29, 0.717) is 5.75 Å². The van der Waals surface area contributed by atoms with Gasteiger partial charge in [-0.15, -0.1) is 0 Å². The number of rotatable bonds is 23. The molecule has 0 aliphatic heterocycles. The quantitative estimate of drug-likeness (QED) is 0.0827. The van der Waals surface area contributed by atoms with E-state index in [9.17, 15) is 4.79 Å². The molecular weight excluding hydrogens is 464 g/mol. The van der Waals surface area contributed by atoms with Crippen molar-refractivity contribution < 1.29 is 9.53 Å². The molecule has 0 bridgehead atoms. The molecule has 38 heavy (non-hydrogen) atoms. The van der Waals surface area contributed by atoms with Crippen molar-refractivity contribution >= 4 is 5.97 Å². The maximum Gasteiger partial charge on any atom is 0.314 e. The molecule has 0 fully saturated rings. The van der Waals surface area contributed by atoms with Gasteiger partial charge in [0, 0.05) is 0 Å². The summed E-state index contributed by atoms with van der Waals surface area (Å²) in [5, 5.41) is 0. The number of carbonyl (C=O) groups excluding carboxylic acids is 1. The van der Waals surface area contributed by atoms with Crippen molar-refractivity contribution in [1.82, 2.24) is 0 Å². The van der Waals surface area contributed by atoms with Crippen molar-refractivity contribution in [3.05, 3.63) is 54.6 Å². The third-order valence-corrected chi connectivity index (χ3v) is 7.81. The van der Waals surface area contributed by atoms with Crippen LogP contribution in [-0.4, -0.2) is 5.97 Å². The Hall–Kier alpha value is -2.09. The molecule has 0 spiro atoms. The van der Waals surface area contributed by atoms with E-state index < -0.39 is 0 Å². The fourth-order valence-corrected chi connectivity index (χ4v) is 5.35. The molecule has 0 aliphatic rings. The molecule has 0 saturated heterocycles. The van der Waals surface area contributed by atoms with Crippen LogP contribution in [0.25, 0.3) is 11.1 Å². The number of unbranched alkanes of at least 4 members (excludes halogenated alkanes) is 16. The van der Waals surface area contributed by atoms with Gasteiger partial charge in [-0.1, -0.05) is 172 Å². The van der Waals surface area contributed by atoms with Crippen LogP contribution in [-0.2, 0) is 4.79 Å². The van der Waals surface area contributed by atoms with Crippen LogP contribution in [0.1, 0.15) is 142 Å². The Kier molecular flexibility index (Phi) is 18.4. The van der Waals surface area contributed by atoms with Gasteiger partial charge < -0.3 is 4.74 Å². The van der Waals surface area contributed by atoms with Gasteiger partial charge in [0.1, 0.15) is 5.75 Å². The second-order valence-corrected chi connectivity index (χ2v) is 11.2. The number of carbonyl (C=O) groups is 1. The summed E-state index contributed by atoms with van der Waals surface area (Å²) in [6, 6.07) is 18.3. The molecule has 2 nitrogen and oxygen atoms in total. The maximum atomic E-state index is 13.3. The van der Waals surface area contributed by atoms with Crippen LogP contribution < -0.4 is 4.74 Å². The van der Waals surface area contributed by atoms with Gasteiger partial charge in [0.05, 0.1) is 5.92 Å². The molecule has 0 aliphatic carbocycles. The summed E-state index contributed by atoms with van der Waals surface area (Å²) in [6.45, 7) is 4.55. The van der Waals surface area contributed by atoms with Crippen LogP contribution in [0.3, 0.4) is 0 Å². The monoisotopic (exact) mass is 520 g/mol. The van der Waals surface area contributed by atoms with E-state index in [1.165, 1.54) is 103 Å². The van der Waals surface area contributed by atoms with Gasteiger partial charge in [-0.05, 0) is 36.1 Å². The molecule has 0 radical (unpaired) electrons. The maximum absolute atomic E-state index is 13.3. The third-order valence-electron chi connectivity index (χ3n) is 7.81. The molecule has 2 aromatic carbocycles. The molecule has 0 heterocycles. The molecule has 2 rings (SSSR count). The first-order valence-electron chi connectivity index (χ1n) is 16.1. The Labute approximate surface area is 235 Å². The molecule has 1 atom stereocenters. The van der Waals surface area contributed by atoms with Gasteiger partial charge in [-0.25, -0.2) is 0 Å². The lowest BCUT2D eigenvalue weighted by Gasteiger charge is -2.16. The van der Waals surface area contributed by atoms with E-state index in [4.69, 9.17) is 4.74 Å². The lowest BCUT2D eigenvalue weighted by atomic mass is 9.94. The average molecular weight is 521 g/mol. The van der Waals surface area contributed by atoms with Crippen molar-refractivity contribution in [2.24, 2.45) is 5.92 Å². The second-order valence-electron chi connectivity index (χ2n) is 11.2. The van der Waals surface area contributed by atoms with Gasteiger partial charge >= 0.3 is 5.97 Å². The lowest BCUT2D eigenvalue weighted by molar-refractivity contribution is -0.139. The predicted molar refractivity (Wildman–Crippen MR) is 165 cm³/mol. The number of esters is 1. The summed E-state index contributed by atoms with van der Waals surface area (Å²) >= 11 is 0. The van der Waals surface area contributed by atoms with Crippen LogP contribution >= 0.6 is 0 Å². The molecule has 2 aromatic rings. The van der Waals surface area contributed by atoms with Crippen LogP contribution in [0, 0.1) is 5.92 Å². The van der Waals surface area contributed by atoms with Crippen LogP contribution in [0.2, 0.25) is 0 Å². The Bertz CT molecular complexity index is 828. The summed E-state index contributed by atoms with van der Waals surface area (Å²) in [4.78, 5) is 13.3. The Morgan fingerprint density at radius 3 is 1.50 bits per heavy atom. The second kappa shape index (κ2) is 21.8. The smallest absolute Gasteiger partial charge is 0.314 e. The first-order chi connectivity index (χ1) is 18.7.